The van der Waals surface area contributed by atoms with E-state index in [4.69, 9.17) is 9.84 Å². The molecule has 0 amide bonds. The molecule has 0 saturated carbocycles. The molecule has 0 spiro atoms. The van der Waals surface area contributed by atoms with E-state index in [9.17, 15) is 9.90 Å². The molecule has 0 fully saturated rings. The van der Waals surface area contributed by atoms with E-state index >= 15 is 0 Å². The van der Waals surface area contributed by atoms with Crippen LogP contribution in [0.3, 0.4) is 0 Å². The molecule has 0 saturated heterocycles. The molecule has 1 heterocycles. The molecule has 0 atom stereocenters. The highest BCUT2D eigenvalue weighted by Gasteiger charge is 2.15. The van der Waals surface area contributed by atoms with E-state index < -0.39 is 5.97 Å². The third-order valence-corrected chi connectivity index (χ3v) is 2.71. The van der Waals surface area contributed by atoms with Gasteiger partial charge in [0.1, 0.15) is 11.4 Å². The number of methoxy groups -OCH3 is 1. The van der Waals surface area contributed by atoms with E-state index in [1.54, 1.807) is 30.5 Å². The zero-order valence-corrected chi connectivity index (χ0v) is 10.4. The van der Waals surface area contributed by atoms with Gasteiger partial charge in [-0.2, -0.15) is 9.78 Å². The van der Waals surface area contributed by atoms with Crippen LogP contribution in [0.4, 0.5) is 0 Å². The summed E-state index contributed by atoms with van der Waals surface area (Å²) in [5, 5.41) is 22.6. The molecule has 0 aliphatic heterocycles. The largest absolute Gasteiger partial charge is 0.506 e. The van der Waals surface area contributed by atoms with Gasteiger partial charge in [-0.3, -0.25) is 4.79 Å². The number of ether oxygens (including phenoxy) is 1. The first kappa shape index (κ1) is 12.9. The van der Waals surface area contributed by atoms with Crippen LogP contribution in [0.15, 0.2) is 30.5 Å². The summed E-state index contributed by atoms with van der Waals surface area (Å²) in [6, 6.07) is 6.73. The van der Waals surface area contributed by atoms with Gasteiger partial charge < -0.3 is 14.9 Å². The molecule has 0 radical (unpaired) electrons. The number of para-hydroxylation sites is 2. The third-order valence-electron chi connectivity index (χ3n) is 2.71. The van der Waals surface area contributed by atoms with E-state index in [1.165, 1.54) is 11.8 Å². The molecule has 1 aromatic heterocycles. The Morgan fingerprint density at radius 1 is 1.42 bits per heavy atom. The molecule has 2 rings (SSSR count). The van der Waals surface area contributed by atoms with Crippen molar-refractivity contribution in [2.45, 2.75) is 12.8 Å². The topological polar surface area (TPSA) is 84.6 Å². The number of hydrogen-bond donors (Lipinski definition) is 2. The average molecular weight is 262 g/mol. The molecule has 6 heteroatoms. The number of nitrogens with zero attached hydrogens (tertiary/aromatic N) is 2. The molecule has 0 aliphatic carbocycles. The minimum absolute atomic E-state index is 0.00280. The van der Waals surface area contributed by atoms with Crippen molar-refractivity contribution in [3.05, 3.63) is 36.0 Å². The van der Waals surface area contributed by atoms with Crippen LogP contribution >= 0.6 is 0 Å². The van der Waals surface area contributed by atoms with E-state index in [-0.39, 0.29) is 12.2 Å². The molecule has 1 aromatic carbocycles. The quantitative estimate of drug-likeness (QED) is 0.855. The van der Waals surface area contributed by atoms with Crippen molar-refractivity contribution < 1.29 is 19.7 Å². The average Bonchev–Trinajstić information content (AvgIpc) is 2.79. The van der Waals surface area contributed by atoms with Gasteiger partial charge in [0.2, 0.25) is 5.88 Å². The Balaban J connectivity index is 2.37. The second-order valence-electron chi connectivity index (χ2n) is 3.97. The fourth-order valence-corrected chi connectivity index (χ4v) is 1.82. The molecule has 2 aromatic rings. The van der Waals surface area contributed by atoms with Crippen LogP contribution in [-0.4, -0.2) is 33.1 Å². The number of phenols is 1. The van der Waals surface area contributed by atoms with Gasteiger partial charge in [0.25, 0.3) is 0 Å². The number of carboxylic acids is 1. The van der Waals surface area contributed by atoms with E-state index in [0.717, 1.165) is 0 Å². The molecule has 0 unspecified atom stereocenters. The Hall–Kier alpha value is -2.50. The molecule has 0 aliphatic rings. The first-order chi connectivity index (χ1) is 9.13. The van der Waals surface area contributed by atoms with Crippen LogP contribution in [0.5, 0.6) is 11.6 Å². The normalized spacial score (nSPS) is 10.4. The summed E-state index contributed by atoms with van der Waals surface area (Å²) in [5.41, 5.74) is 1.18. The highest BCUT2D eigenvalue weighted by atomic mass is 16.5. The molecule has 2 N–H and O–H groups in total. The summed E-state index contributed by atoms with van der Waals surface area (Å²) in [7, 11) is 1.48. The lowest BCUT2D eigenvalue weighted by atomic mass is 10.2. The second kappa shape index (κ2) is 5.43. The lowest BCUT2D eigenvalue weighted by Gasteiger charge is -2.09. The van der Waals surface area contributed by atoms with Crippen molar-refractivity contribution in [1.82, 2.24) is 9.78 Å². The number of hydrogen-bond acceptors (Lipinski definition) is 4. The van der Waals surface area contributed by atoms with Crippen molar-refractivity contribution in [2.75, 3.05) is 7.11 Å². The number of aryl methyl sites for hydroxylation is 1. The van der Waals surface area contributed by atoms with E-state index in [2.05, 4.69) is 5.10 Å². The van der Waals surface area contributed by atoms with Crippen LogP contribution in [0.2, 0.25) is 0 Å². The summed E-state index contributed by atoms with van der Waals surface area (Å²) in [6.45, 7) is 0. The van der Waals surface area contributed by atoms with Gasteiger partial charge in [0.15, 0.2) is 0 Å². The van der Waals surface area contributed by atoms with Crippen molar-refractivity contribution in [2.24, 2.45) is 0 Å². The molecular formula is C13H14N2O4. The summed E-state index contributed by atoms with van der Waals surface area (Å²) < 4.78 is 6.71. The maximum atomic E-state index is 10.6. The van der Waals surface area contributed by atoms with Gasteiger partial charge in [0, 0.05) is 12.0 Å². The van der Waals surface area contributed by atoms with Gasteiger partial charge in [0.05, 0.1) is 13.3 Å². The number of phenolic OH excluding ortho intramolecular Hbond substituents is 1. The lowest BCUT2D eigenvalue weighted by molar-refractivity contribution is -0.136. The molecule has 19 heavy (non-hydrogen) atoms. The van der Waals surface area contributed by atoms with E-state index in [1.807, 2.05) is 0 Å². The monoisotopic (exact) mass is 262 g/mol. The Labute approximate surface area is 109 Å². The van der Waals surface area contributed by atoms with Gasteiger partial charge >= 0.3 is 5.97 Å². The number of carboxylic acid groups (broad SMARTS) is 1. The van der Waals surface area contributed by atoms with Crippen molar-refractivity contribution >= 4 is 5.97 Å². The highest BCUT2D eigenvalue weighted by Crippen LogP contribution is 2.28. The molecule has 0 bridgehead atoms. The van der Waals surface area contributed by atoms with Crippen molar-refractivity contribution in [1.29, 1.82) is 0 Å². The Kier molecular flexibility index (Phi) is 3.70. The fraction of sp³-hybridized carbons (Fsp3) is 0.231. The maximum Gasteiger partial charge on any atom is 0.303 e. The molecule has 6 nitrogen and oxygen atoms in total. The summed E-state index contributed by atoms with van der Waals surface area (Å²) in [5.74, 6) is -0.367. The van der Waals surface area contributed by atoms with Crippen LogP contribution in [0.1, 0.15) is 12.0 Å². The van der Waals surface area contributed by atoms with Crippen LogP contribution < -0.4 is 4.74 Å². The number of carbonyl (C=O) groups is 1. The van der Waals surface area contributed by atoms with Gasteiger partial charge in [-0.1, -0.05) is 12.1 Å². The Bertz CT molecular complexity index is 592. The summed E-state index contributed by atoms with van der Waals surface area (Å²) in [6.07, 6.45) is 1.88. The standard InChI is InChI=1S/C13H14N2O4/c1-19-13-9(6-7-12(17)18)8-14-15(13)10-4-2-3-5-11(10)16/h2-5,8,16H,6-7H2,1H3,(H,17,18). The zero-order valence-electron chi connectivity index (χ0n) is 10.4. The SMILES string of the molecule is COc1c(CCC(=O)O)cnn1-c1ccccc1O. The van der Waals surface area contributed by atoms with Crippen molar-refractivity contribution in [3.63, 3.8) is 0 Å². The second-order valence-corrected chi connectivity index (χ2v) is 3.97. The van der Waals surface area contributed by atoms with Gasteiger partial charge in [-0.05, 0) is 18.6 Å². The highest BCUT2D eigenvalue weighted by molar-refractivity contribution is 5.67. The first-order valence-corrected chi connectivity index (χ1v) is 5.74. The minimum atomic E-state index is -0.877. The number of benzene rings is 1. The predicted octanol–water partition coefficient (Wildman–Crippen LogP) is 1.60. The van der Waals surface area contributed by atoms with E-state index in [0.29, 0.717) is 23.6 Å². The van der Waals surface area contributed by atoms with Crippen molar-refractivity contribution in [3.8, 4) is 17.3 Å². The zero-order chi connectivity index (χ0) is 13.8. The third kappa shape index (κ3) is 2.67. The van der Waals surface area contributed by atoms with Gasteiger partial charge in [-0.25, -0.2) is 0 Å². The smallest absolute Gasteiger partial charge is 0.303 e. The minimum Gasteiger partial charge on any atom is -0.506 e. The van der Waals surface area contributed by atoms with Gasteiger partial charge in [-0.15, -0.1) is 0 Å². The number of rotatable bonds is 5. The summed E-state index contributed by atoms with van der Waals surface area (Å²) in [4.78, 5) is 10.6. The Morgan fingerprint density at radius 2 is 2.16 bits per heavy atom. The summed E-state index contributed by atoms with van der Waals surface area (Å²) >= 11 is 0. The maximum absolute atomic E-state index is 10.6. The number of aliphatic carboxylic acids is 1. The number of aromatic hydroxyl groups is 1. The lowest BCUT2D eigenvalue weighted by Crippen LogP contribution is -2.02. The molecule has 100 valence electrons. The number of aromatic nitrogens is 2. The first-order valence-electron chi connectivity index (χ1n) is 5.74. The van der Waals surface area contributed by atoms with Crippen LogP contribution in [0, 0.1) is 0 Å². The predicted molar refractivity (Wildman–Crippen MR) is 67.7 cm³/mol. The Morgan fingerprint density at radius 3 is 2.79 bits per heavy atom. The fourth-order valence-electron chi connectivity index (χ4n) is 1.82. The molecular weight excluding hydrogens is 248 g/mol. The van der Waals surface area contributed by atoms with Crippen LogP contribution in [0.25, 0.3) is 5.69 Å². The van der Waals surface area contributed by atoms with Crippen LogP contribution in [-0.2, 0) is 11.2 Å².